The molecule has 2 unspecified atom stereocenters. The summed E-state index contributed by atoms with van der Waals surface area (Å²) in [6.45, 7) is -1.80. The van der Waals surface area contributed by atoms with Crippen molar-refractivity contribution >= 4 is 0 Å². The third-order valence-corrected chi connectivity index (χ3v) is 6.90. The molecule has 2 fully saturated rings. The Morgan fingerprint density at radius 3 is 2.06 bits per heavy atom. The monoisotopic (exact) mass is 497 g/mol. The van der Waals surface area contributed by atoms with E-state index in [-0.39, 0.29) is 12.0 Å². The zero-order chi connectivity index (χ0) is 25.3. The minimum absolute atomic E-state index is 0.0129. The number of hydrogen-bond donors (Lipinski definition) is 12. The molecule has 14 heteroatoms. The molecule has 14 nitrogen and oxygen atoms in total. The molecule has 12 N–H and O–H groups in total. The van der Waals surface area contributed by atoms with Crippen LogP contribution >= 0.6 is 0 Å². The summed E-state index contributed by atoms with van der Waals surface area (Å²) in [5.74, 6) is -0.833. The third-order valence-electron chi connectivity index (χ3n) is 6.90. The average molecular weight is 497 g/mol. The molecule has 0 aromatic rings. The van der Waals surface area contributed by atoms with Crippen LogP contribution in [-0.4, -0.2) is 155 Å². The molecule has 0 amide bonds. The Morgan fingerprint density at radius 1 is 0.794 bits per heavy atom. The molecule has 1 saturated carbocycles. The predicted molar refractivity (Wildman–Crippen MR) is 110 cm³/mol. The summed E-state index contributed by atoms with van der Waals surface area (Å²) in [7, 11) is 0. The molecule has 0 aromatic heterocycles. The van der Waals surface area contributed by atoms with Crippen LogP contribution in [0.1, 0.15) is 6.42 Å². The van der Waals surface area contributed by atoms with Gasteiger partial charge in [-0.25, -0.2) is 0 Å². The van der Waals surface area contributed by atoms with Crippen LogP contribution in [0.5, 0.6) is 0 Å². The Bertz CT molecular complexity index is 693. The van der Waals surface area contributed by atoms with E-state index in [0.29, 0.717) is 0 Å². The Labute approximate surface area is 194 Å². The molecule has 0 radical (unpaired) electrons. The van der Waals surface area contributed by atoms with Gasteiger partial charge in [-0.05, 0) is 12.0 Å². The van der Waals surface area contributed by atoms with Crippen LogP contribution in [0.15, 0.2) is 11.6 Å². The highest BCUT2D eigenvalue weighted by atomic mass is 16.7. The molecule has 0 bridgehead atoms. The van der Waals surface area contributed by atoms with Crippen molar-refractivity contribution in [2.45, 2.75) is 85.8 Å². The van der Waals surface area contributed by atoms with Gasteiger partial charge in [-0.15, -0.1) is 0 Å². The number of ether oxygens (including phenoxy) is 2. The van der Waals surface area contributed by atoms with E-state index in [4.69, 9.17) is 9.47 Å². The first-order valence-corrected chi connectivity index (χ1v) is 11.1. The maximum Gasteiger partial charge on any atom is 0.187 e. The van der Waals surface area contributed by atoms with Crippen molar-refractivity contribution in [2.75, 3.05) is 19.8 Å². The molecule has 0 spiro atoms. The maximum atomic E-state index is 10.7. The summed E-state index contributed by atoms with van der Waals surface area (Å²) in [5, 5.41) is 113. The first-order valence-electron chi connectivity index (χ1n) is 11.1. The maximum absolute atomic E-state index is 10.7. The molecular formula is C20H35NO13. The van der Waals surface area contributed by atoms with Crippen molar-refractivity contribution in [1.82, 2.24) is 5.32 Å². The Balaban J connectivity index is 1.73. The van der Waals surface area contributed by atoms with Gasteiger partial charge >= 0.3 is 0 Å². The largest absolute Gasteiger partial charge is 0.396 e. The highest BCUT2D eigenvalue weighted by Gasteiger charge is 2.50. The molecular weight excluding hydrogens is 462 g/mol. The van der Waals surface area contributed by atoms with Crippen molar-refractivity contribution in [3.05, 3.63) is 11.6 Å². The van der Waals surface area contributed by atoms with Crippen molar-refractivity contribution in [1.29, 1.82) is 0 Å². The Kier molecular flexibility index (Phi) is 9.38. The van der Waals surface area contributed by atoms with Gasteiger partial charge in [0, 0.05) is 18.6 Å². The second-order valence-electron chi connectivity index (χ2n) is 9.08. The lowest BCUT2D eigenvalue weighted by Crippen LogP contribution is -2.66. The van der Waals surface area contributed by atoms with Crippen molar-refractivity contribution in [3.8, 4) is 0 Å². The van der Waals surface area contributed by atoms with Gasteiger partial charge in [-0.3, -0.25) is 0 Å². The fraction of sp³-hybridized carbons (Fsp3) is 0.900. The number of nitrogens with one attached hydrogen (secondary N) is 1. The van der Waals surface area contributed by atoms with Crippen LogP contribution in [0, 0.1) is 5.92 Å². The summed E-state index contributed by atoms with van der Waals surface area (Å²) in [5.41, 5.74) is 0.0590. The highest BCUT2D eigenvalue weighted by Crippen LogP contribution is 2.33. The summed E-state index contributed by atoms with van der Waals surface area (Å²) >= 11 is 0. The topological polar surface area (TPSA) is 253 Å². The molecule has 34 heavy (non-hydrogen) atoms. The van der Waals surface area contributed by atoms with E-state index in [9.17, 15) is 56.2 Å². The van der Waals surface area contributed by atoms with Gasteiger partial charge in [0.15, 0.2) is 6.29 Å². The second-order valence-corrected chi connectivity index (χ2v) is 9.08. The number of aliphatic hydroxyl groups excluding tert-OH is 11. The van der Waals surface area contributed by atoms with Crippen LogP contribution in [0.2, 0.25) is 0 Å². The zero-order valence-corrected chi connectivity index (χ0v) is 18.2. The number of aliphatic hydroxyl groups is 11. The normalized spacial score (nSPS) is 50.1. The molecule has 3 aliphatic rings. The highest BCUT2D eigenvalue weighted by molar-refractivity contribution is 5.22. The quantitative estimate of drug-likeness (QED) is 0.146. The van der Waals surface area contributed by atoms with E-state index in [1.54, 1.807) is 0 Å². The van der Waals surface area contributed by atoms with Gasteiger partial charge in [0.05, 0.1) is 31.5 Å². The van der Waals surface area contributed by atoms with Gasteiger partial charge < -0.3 is 71.0 Å². The lowest BCUT2D eigenvalue weighted by atomic mass is 9.78. The minimum atomic E-state index is -1.75. The van der Waals surface area contributed by atoms with Crippen molar-refractivity contribution < 1.29 is 65.6 Å². The van der Waals surface area contributed by atoms with Crippen LogP contribution in [0.4, 0.5) is 0 Å². The van der Waals surface area contributed by atoms with Gasteiger partial charge in [0.2, 0.25) is 0 Å². The fourth-order valence-electron chi connectivity index (χ4n) is 4.77. The van der Waals surface area contributed by atoms with Crippen molar-refractivity contribution in [3.63, 3.8) is 0 Å². The lowest BCUT2D eigenvalue weighted by Gasteiger charge is -2.47. The van der Waals surface area contributed by atoms with Crippen LogP contribution in [-0.2, 0) is 9.47 Å². The third kappa shape index (κ3) is 5.30. The standard InChI is InChI=1S/C20H35NO13/c22-3-6-1-8(12(26)15(29)11(6)25)21-9-2-7(4-23)19(17(31)13(9)27)34-20-18(32)16(30)14(28)10(5-24)33-20/h1,7-32H,2-5H2/t7-,8+,9+,10?,11-,12+,13+,14-,15+,16?,17-,18-,19-,20+/m1/s1. The average Bonchev–Trinajstić information content (AvgIpc) is 2.83. The zero-order valence-electron chi connectivity index (χ0n) is 18.2. The molecule has 1 aliphatic heterocycles. The Morgan fingerprint density at radius 2 is 1.47 bits per heavy atom. The van der Waals surface area contributed by atoms with E-state index in [2.05, 4.69) is 5.32 Å². The molecule has 3 rings (SSSR count). The van der Waals surface area contributed by atoms with Gasteiger partial charge in [0.25, 0.3) is 0 Å². The summed E-state index contributed by atoms with van der Waals surface area (Å²) in [4.78, 5) is 0. The van der Waals surface area contributed by atoms with Gasteiger partial charge in [-0.1, -0.05) is 6.08 Å². The van der Waals surface area contributed by atoms with Gasteiger partial charge in [0.1, 0.15) is 48.8 Å². The first-order chi connectivity index (χ1) is 16.0. The van der Waals surface area contributed by atoms with E-state index in [1.807, 2.05) is 0 Å². The molecule has 0 aromatic carbocycles. The summed E-state index contributed by atoms with van der Waals surface area (Å²) in [6, 6.07) is -1.94. The fourth-order valence-corrected chi connectivity index (χ4v) is 4.77. The molecule has 14 atom stereocenters. The Hall–Kier alpha value is -0.820. The van der Waals surface area contributed by atoms with E-state index < -0.39 is 105 Å². The predicted octanol–water partition coefficient (Wildman–Crippen LogP) is -6.75. The van der Waals surface area contributed by atoms with E-state index in [0.717, 1.165) is 0 Å². The molecule has 1 heterocycles. The second kappa shape index (κ2) is 11.5. The molecule has 1 saturated heterocycles. The van der Waals surface area contributed by atoms with Crippen LogP contribution < -0.4 is 5.32 Å². The van der Waals surface area contributed by atoms with E-state index in [1.165, 1.54) is 6.08 Å². The number of hydrogen-bond acceptors (Lipinski definition) is 14. The molecule has 198 valence electrons. The molecule has 2 aliphatic carbocycles. The minimum Gasteiger partial charge on any atom is -0.396 e. The number of rotatable bonds is 7. The summed E-state index contributed by atoms with van der Waals surface area (Å²) < 4.78 is 10.9. The van der Waals surface area contributed by atoms with E-state index >= 15 is 0 Å². The van der Waals surface area contributed by atoms with Crippen molar-refractivity contribution in [2.24, 2.45) is 5.92 Å². The van der Waals surface area contributed by atoms with Gasteiger partial charge in [-0.2, -0.15) is 0 Å². The summed E-state index contributed by atoms with van der Waals surface area (Å²) in [6.07, 6.45) is -15.7. The van der Waals surface area contributed by atoms with Crippen LogP contribution in [0.25, 0.3) is 0 Å². The SMILES string of the molecule is OCC1=C[C@H](N[C@H]2C[C@H](CO)[C@@H](O[C@@H]3OC(CO)[C@@H](O)C(O)[C@H]3O)[C@H](O)[C@H]2O)[C@H](O)[C@@H](O)[C@@H]1O. The first kappa shape index (κ1) is 27.8. The lowest BCUT2D eigenvalue weighted by molar-refractivity contribution is -0.328. The smallest absolute Gasteiger partial charge is 0.187 e. The van der Waals surface area contributed by atoms with Crippen LogP contribution in [0.3, 0.4) is 0 Å².